The average molecular weight is 760 g/mol. The Morgan fingerprint density at radius 1 is 0.796 bits per heavy atom. The Kier molecular flexibility index (Phi) is 18.0. The van der Waals surface area contributed by atoms with Gasteiger partial charge in [0.05, 0.1) is 47.4 Å². The van der Waals surface area contributed by atoms with Gasteiger partial charge < -0.3 is 24.5 Å². The minimum absolute atomic E-state index is 0.116. The topological polar surface area (TPSA) is 103 Å². The van der Waals surface area contributed by atoms with Crippen molar-refractivity contribution in [2.24, 2.45) is 0 Å². The van der Waals surface area contributed by atoms with Gasteiger partial charge in [-0.1, -0.05) is 114 Å². The van der Waals surface area contributed by atoms with Gasteiger partial charge in [-0.3, -0.25) is 0 Å². The lowest BCUT2D eigenvalue weighted by Gasteiger charge is -2.33. The van der Waals surface area contributed by atoms with Crippen molar-refractivity contribution >= 4 is 34.7 Å². The van der Waals surface area contributed by atoms with Gasteiger partial charge in [-0.2, -0.15) is 0 Å². The Bertz CT molecular complexity index is 1730. The molecule has 296 valence electrons. The number of nitrogens with one attached hydrogen (secondary N) is 2. The second-order valence-corrected chi connectivity index (χ2v) is 15.7. The number of hydrogen-bond donors (Lipinski definition) is 2. The molecule has 0 saturated carbocycles. The number of nitrogens with zero attached hydrogens (tertiary/aromatic N) is 1. The summed E-state index contributed by atoms with van der Waals surface area (Å²) < 4.78 is 17.9. The third kappa shape index (κ3) is 12.4. The van der Waals surface area contributed by atoms with Crippen molar-refractivity contribution in [1.82, 2.24) is 15.3 Å². The van der Waals surface area contributed by atoms with E-state index in [1.165, 1.54) is 82.4 Å². The molecular weight excluding hydrogens is 695 g/mol. The monoisotopic (exact) mass is 759 g/mol. The molecule has 2 aromatic carbocycles. The van der Waals surface area contributed by atoms with E-state index in [-0.39, 0.29) is 19.3 Å². The quantitative estimate of drug-likeness (QED) is 0.0529. The minimum Gasteiger partial charge on any atom is -0.491 e. The lowest BCUT2D eigenvalue weighted by atomic mass is 9.77. The summed E-state index contributed by atoms with van der Waals surface area (Å²) in [6, 6.07) is 12.2. The van der Waals surface area contributed by atoms with Crippen LogP contribution in [0, 0.1) is 6.92 Å². The molecule has 2 N–H and O–H groups in total. The normalized spacial score (nSPS) is 14.6. The summed E-state index contributed by atoms with van der Waals surface area (Å²) >= 11 is 1.50. The molecule has 0 fully saturated rings. The van der Waals surface area contributed by atoms with Gasteiger partial charge in [0.1, 0.15) is 5.75 Å². The number of fused-ring (bicyclic) bond motifs is 1. The molecule has 1 aromatic heterocycles. The molecule has 0 aliphatic carbocycles. The minimum atomic E-state index is -0.745. The standard InChI is InChI=1S/C45H65N3O5S/c1-8-11-12-13-14-15-16-17-18-19-20-21-22-24-34-25-23-26-38(53-31(4)5)40(34)42-39(43(49)51-9-2)33(7)46-37(41(42)44(50)52-10-3)30-54-45-47-35-28-27-32(6)29-36(35)48-45/h23,25-29,31,42,46H,8-22,24,30H2,1-7H3,(H,47,48). The molecule has 3 aromatic rings. The van der Waals surface area contributed by atoms with E-state index in [0.29, 0.717) is 34.0 Å². The van der Waals surface area contributed by atoms with Crippen LogP contribution in [0.15, 0.2) is 64.1 Å². The van der Waals surface area contributed by atoms with E-state index in [2.05, 4.69) is 36.3 Å². The van der Waals surface area contributed by atoms with Gasteiger partial charge in [-0.25, -0.2) is 14.6 Å². The summed E-state index contributed by atoms with van der Waals surface area (Å²) in [7, 11) is 0. The number of aromatic amines is 1. The van der Waals surface area contributed by atoms with Crippen molar-refractivity contribution in [3.8, 4) is 5.75 Å². The number of benzene rings is 2. The van der Waals surface area contributed by atoms with Crippen molar-refractivity contribution < 1.29 is 23.8 Å². The van der Waals surface area contributed by atoms with Gasteiger partial charge in [0.15, 0.2) is 5.16 Å². The van der Waals surface area contributed by atoms with Crippen LogP contribution in [-0.2, 0) is 25.5 Å². The molecule has 0 saturated heterocycles. The summed E-state index contributed by atoms with van der Waals surface area (Å²) in [5, 5.41) is 4.18. The number of allylic oxidation sites excluding steroid dienone is 1. The molecule has 4 rings (SSSR count). The Hall–Kier alpha value is -3.72. The van der Waals surface area contributed by atoms with E-state index in [9.17, 15) is 9.59 Å². The highest BCUT2D eigenvalue weighted by molar-refractivity contribution is 7.99. The largest absolute Gasteiger partial charge is 0.491 e. The first-order chi connectivity index (χ1) is 26.2. The molecule has 0 spiro atoms. The Balaban J connectivity index is 1.62. The molecule has 1 unspecified atom stereocenters. The molecule has 9 heteroatoms. The van der Waals surface area contributed by atoms with Crippen LogP contribution in [0.4, 0.5) is 0 Å². The molecule has 8 nitrogen and oxygen atoms in total. The molecule has 0 bridgehead atoms. The maximum Gasteiger partial charge on any atom is 0.336 e. The molecule has 0 amide bonds. The summed E-state index contributed by atoms with van der Waals surface area (Å²) in [5.74, 6) is -0.602. The molecule has 0 radical (unpaired) electrons. The van der Waals surface area contributed by atoms with E-state index in [1.54, 1.807) is 13.8 Å². The number of imidazole rings is 1. The lowest BCUT2D eigenvalue weighted by molar-refractivity contribution is -0.139. The van der Waals surface area contributed by atoms with E-state index >= 15 is 0 Å². The molecule has 1 aliphatic rings. The number of esters is 2. The summed E-state index contributed by atoms with van der Waals surface area (Å²) in [6.07, 6.45) is 17.4. The van der Waals surface area contributed by atoms with E-state index in [1.807, 2.05) is 45.0 Å². The van der Waals surface area contributed by atoms with Crippen LogP contribution in [0.5, 0.6) is 5.75 Å². The van der Waals surface area contributed by atoms with Gasteiger partial charge in [0, 0.05) is 22.7 Å². The number of aryl methyl sites for hydroxylation is 2. The number of ether oxygens (including phenoxy) is 3. The van der Waals surface area contributed by atoms with Crippen molar-refractivity contribution in [2.75, 3.05) is 19.0 Å². The number of carbonyl (C=O) groups is 2. The maximum absolute atomic E-state index is 14.2. The molecule has 2 heterocycles. The molecule has 54 heavy (non-hydrogen) atoms. The number of thioether (sulfide) groups is 1. The lowest BCUT2D eigenvalue weighted by Crippen LogP contribution is -2.35. The zero-order valence-electron chi connectivity index (χ0n) is 34.0. The second-order valence-electron chi connectivity index (χ2n) is 14.8. The number of dihydropyridines is 1. The maximum atomic E-state index is 14.2. The van der Waals surface area contributed by atoms with Crippen LogP contribution in [0.25, 0.3) is 11.0 Å². The van der Waals surface area contributed by atoms with E-state index in [4.69, 9.17) is 19.2 Å². The molecule has 1 atom stereocenters. The molecule has 1 aliphatic heterocycles. The predicted octanol–water partition coefficient (Wildman–Crippen LogP) is 11.4. The smallest absolute Gasteiger partial charge is 0.336 e. The first kappa shape index (κ1) is 43.0. The number of carbonyl (C=O) groups excluding carboxylic acids is 2. The van der Waals surface area contributed by atoms with Gasteiger partial charge in [0.2, 0.25) is 0 Å². The van der Waals surface area contributed by atoms with Crippen LogP contribution >= 0.6 is 11.8 Å². The van der Waals surface area contributed by atoms with Crippen molar-refractivity contribution in [3.63, 3.8) is 0 Å². The predicted molar refractivity (Wildman–Crippen MR) is 222 cm³/mol. The van der Waals surface area contributed by atoms with Gasteiger partial charge in [-0.15, -0.1) is 0 Å². The van der Waals surface area contributed by atoms with Gasteiger partial charge in [-0.05, 0) is 83.7 Å². The summed E-state index contributed by atoms with van der Waals surface area (Å²) in [5.41, 5.74) is 7.02. The third-order valence-electron chi connectivity index (χ3n) is 9.96. The van der Waals surface area contributed by atoms with Crippen LogP contribution < -0.4 is 10.1 Å². The molecular formula is C45H65N3O5S. The number of H-pyrrole nitrogens is 1. The highest BCUT2D eigenvalue weighted by Gasteiger charge is 2.41. The fourth-order valence-electron chi connectivity index (χ4n) is 7.36. The van der Waals surface area contributed by atoms with E-state index in [0.717, 1.165) is 52.1 Å². The van der Waals surface area contributed by atoms with Gasteiger partial charge >= 0.3 is 11.9 Å². The Labute approximate surface area is 328 Å². The van der Waals surface area contributed by atoms with Gasteiger partial charge in [0.25, 0.3) is 0 Å². The number of unbranched alkanes of at least 4 members (excludes halogenated alkanes) is 12. The summed E-state index contributed by atoms with van der Waals surface area (Å²) in [4.78, 5) is 36.3. The zero-order chi connectivity index (χ0) is 38.9. The summed E-state index contributed by atoms with van der Waals surface area (Å²) in [6.45, 7) is 14.2. The second kappa shape index (κ2) is 22.6. The first-order valence-electron chi connectivity index (χ1n) is 20.6. The number of hydrogen-bond acceptors (Lipinski definition) is 8. The Morgan fingerprint density at radius 3 is 2.02 bits per heavy atom. The van der Waals surface area contributed by atoms with Crippen LogP contribution in [-0.4, -0.2) is 47.0 Å². The number of aromatic nitrogens is 2. The van der Waals surface area contributed by atoms with Crippen LogP contribution in [0.2, 0.25) is 0 Å². The fourth-order valence-corrected chi connectivity index (χ4v) is 8.22. The third-order valence-corrected chi connectivity index (χ3v) is 10.9. The first-order valence-corrected chi connectivity index (χ1v) is 21.6. The van der Waals surface area contributed by atoms with Crippen molar-refractivity contribution in [3.05, 3.63) is 75.6 Å². The average Bonchev–Trinajstić information content (AvgIpc) is 3.54. The fraction of sp³-hybridized carbons (Fsp3) is 0.578. The SMILES string of the molecule is CCCCCCCCCCCCCCCc1cccc(OC(C)C)c1C1C(C(=O)OCC)=C(C)NC(CSc2nc3ccc(C)cc3[nH]2)=C1C(=O)OCC. The highest BCUT2D eigenvalue weighted by atomic mass is 32.2. The Morgan fingerprint density at radius 2 is 1.41 bits per heavy atom. The number of rotatable bonds is 24. The zero-order valence-corrected chi connectivity index (χ0v) is 34.9. The highest BCUT2D eigenvalue weighted by Crippen LogP contribution is 2.46. The van der Waals surface area contributed by atoms with Crippen LogP contribution in [0.1, 0.15) is 148 Å². The van der Waals surface area contributed by atoms with Crippen molar-refractivity contribution in [2.45, 2.75) is 156 Å². The van der Waals surface area contributed by atoms with E-state index < -0.39 is 17.9 Å². The van der Waals surface area contributed by atoms with Crippen LogP contribution in [0.3, 0.4) is 0 Å². The van der Waals surface area contributed by atoms with Crippen molar-refractivity contribution in [1.29, 1.82) is 0 Å².